The molecule has 0 aliphatic heterocycles. The van der Waals surface area contributed by atoms with Crippen molar-refractivity contribution in [3.05, 3.63) is 35.4 Å². The normalized spacial score (nSPS) is 12.6. The van der Waals surface area contributed by atoms with Crippen LogP contribution in [0.5, 0.6) is 0 Å². The number of nitrogens with one attached hydrogen (secondary N) is 1. The molecule has 0 saturated carbocycles. The van der Waals surface area contributed by atoms with Gasteiger partial charge < -0.3 is 5.32 Å². The largest absolute Gasteiger partial charge is 0.312 e. The minimum atomic E-state index is 0.848. The topological polar surface area (TPSA) is 12.0 Å². The molecule has 96 valence electrons. The van der Waals surface area contributed by atoms with E-state index in [9.17, 15) is 0 Å². The third-order valence-corrected chi connectivity index (χ3v) is 3.43. The van der Waals surface area contributed by atoms with Crippen molar-refractivity contribution >= 4 is 0 Å². The first kappa shape index (κ1) is 14.2. The molecule has 0 radical (unpaired) electrons. The molecule has 0 saturated heterocycles. The van der Waals surface area contributed by atoms with Crippen LogP contribution in [0.1, 0.15) is 50.7 Å². The zero-order valence-corrected chi connectivity index (χ0v) is 11.6. The van der Waals surface area contributed by atoms with Gasteiger partial charge in [0.25, 0.3) is 0 Å². The summed E-state index contributed by atoms with van der Waals surface area (Å²) in [5.74, 6) is 0.848. The molecule has 0 aromatic heterocycles. The molecule has 0 spiro atoms. The van der Waals surface area contributed by atoms with E-state index in [-0.39, 0.29) is 0 Å². The summed E-state index contributed by atoms with van der Waals surface area (Å²) in [5, 5.41) is 3.58. The average molecular weight is 233 g/mol. The van der Waals surface area contributed by atoms with Gasteiger partial charge in [0.2, 0.25) is 0 Å². The van der Waals surface area contributed by atoms with E-state index in [2.05, 4.69) is 50.4 Å². The minimum Gasteiger partial charge on any atom is -0.312 e. The van der Waals surface area contributed by atoms with Gasteiger partial charge in [0.15, 0.2) is 0 Å². The predicted molar refractivity (Wildman–Crippen MR) is 76.2 cm³/mol. The molecule has 0 bridgehead atoms. The quantitative estimate of drug-likeness (QED) is 0.706. The highest BCUT2D eigenvalue weighted by atomic mass is 14.9. The maximum atomic E-state index is 3.58. The summed E-state index contributed by atoms with van der Waals surface area (Å²) < 4.78 is 0. The molecular weight excluding hydrogens is 206 g/mol. The Morgan fingerprint density at radius 1 is 1.12 bits per heavy atom. The fourth-order valence-corrected chi connectivity index (χ4v) is 2.07. The van der Waals surface area contributed by atoms with Gasteiger partial charge >= 0.3 is 0 Å². The molecule has 0 aliphatic carbocycles. The summed E-state index contributed by atoms with van der Waals surface area (Å²) >= 11 is 0. The molecule has 1 unspecified atom stereocenters. The number of benzene rings is 1. The summed E-state index contributed by atoms with van der Waals surface area (Å²) in [5.41, 5.74) is 2.73. The molecule has 17 heavy (non-hydrogen) atoms. The van der Waals surface area contributed by atoms with Crippen LogP contribution >= 0.6 is 0 Å². The number of hydrogen-bond donors (Lipinski definition) is 1. The van der Waals surface area contributed by atoms with Gasteiger partial charge in [-0.3, -0.25) is 0 Å². The van der Waals surface area contributed by atoms with E-state index in [0.717, 1.165) is 19.0 Å². The Bertz CT molecular complexity index is 289. The van der Waals surface area contributed by atoms with E-state index in [4.69, 9.17) is 0 Å². The van der Waals surface area contributed by atoms with Crippen LogP contribution in [-0.4, -0.2) is 6.54 Å². The van der Waals surface area contributed by atoms with Crippen LogP contribution in [0.3, 0.4) is 0 Å². The lowest BCUT2D eigenvalue weighted by Crippen LogP contribution is -2.22. The Balaban J connectivity index is 2.23. The van der Waals surface area contributed by atoms with Crippen LogP contribution in [0.15, 0.2) is 24.3 Å². The van der Waals surface area contributed by atoms with Crippen molar-refractivity contribution in [3.63, 3.8) is 0 Å². The molecule has 1 aromatic rings. The van der Waals surface area contributed by atoms with Crippen molar-refractivity contribution in [2.45, 2.75) is 53.0 Å². The first-order chi connectivity index (χ1) is 8.26. The number of unbranched alkanes of at least 4 members (excludes halogenated alkanes) is 1. The van der Waals surface area contributed by atoms with Crippen LogP contribution in [0.2, 0.25) is 0 Å². The highest BCUT2D eigenvalue weighted by Gasteiger charge is 2.04. The smallest absolute Gasteiger partial charge is 0.0205 e. The maximum absolute atomic E-state index is 3.58. The van der Waals surface area contributed by atoms with E-state index in [1.807, 2.05) is 0 Å². The number of hydrogen-bond acceptors (Lipinski definition) is 1. The second-order valence-corrected chi connectivity index (χ2v) is 5.03. The zero-order valence-electron chi connectivity index (χ0n) is 11.6. The van der Waals surface area contributed by atoms with Crippen molar-refractivity contribution < 1.29 is 0 Å². The zero-order chi connectivity index (χ0) is 12.5. The highest BCUT2D eigenvalue weighted by Crippen LogP contribution is 2.11. The van der Waals surface area contributed by atoms with Gasteiger partial charge in [-0.05, 0) is 31.4 Å². The predicted octanol–water partition coefficient (Wildman–Crippen LogP) is 4.30. The molecule has 0 amide bonds. The van der Waals surface area contributed by atoms with Gasteiger partial charge in [-0.2, -0.15) is 0 Å². The summed E-state index contributed by atoms with van der Waals surface area (Å²) in [6.07, 6.45) is 5.34. The summed E-state index contributed by atoms with van der Waals surface area (Å²) in [6.45, 7) is 8.86. The first-order valence-electron chi connectivity index (χ1n) is 7.02. The molecule has 0 heterocycles. The van der Waals surface area contributed by atoms with Gasteiger partial charge in [-0.25, -0.2) is 0 Å². The lowest BCUT2D eigenvalue weighted by Gasteiger charge is -2.15. The Morgan fingerprint density at radius 3 is 2.41 bits per heavy atom. The summed E-state index contributed by atoms with van der Waals surface area (Å²) in [7, 11) is 0. The second-order valence-electron chi connectivity index (χ2n) is 5.03. The molecular formula is C16H27N. The van der Waals surface area contributed by atoms with Gasteiger partial charge in [0.05, 0.1) is 0 Å². The monoisotopic (exact) mass is 233 g/mol. The van der Waals surface area contributed by atoms with E-state index in [0.29, 0.717) is 0 Å². The van der Waals surface area contributed by atoms with E-state index >= 15 is 0 Å². The fraction of sp³-hybridized carbons (Fsp3) is 0.625. The molecule has 0 aliphatic rings. The average Bonchev–Trinajstić information content (AvgIpc) is 2.36. The Morgan fingerprint density at radius 2 is 1.82 bits per heavy atom. The maximum Gasteiger partial charge on any atom is 0.0205 e. The Kier molecular flexibility index (Phi) is 6.95. The van der Waals surface area contributed by atoms with Gasteiger partial charge in [0, 0.05) is 6.54 Å². The number of aryl methyl sites for hydroxylation is 1. The van der Waals surface area contributed by atoms with Crippen LogP contribution in [-0.2, 0) is 6.54 Å². The van der Waals surface area contributed by atoms with Gasteiger partial charge in [-0.1, -0.05) is 62.9 Å². The lowest BCUT2D eigenvalue weighted by molar-refractivity contribution is 0.419. The molecule has 1 heteroatoms. The SMILES string of the molecule is CCCCC(CC)CNCc1ccc(C)cc1. The lowest BCUT2D eigenvalue weighted by atomic mass is 9.99. The van der Waals surface area contributed by atoms with Gasteiger partial charge in [-0.15, -0.1) is 0 Å². The van der Waals surface area contributed by atoms with Gasteiger partial charge in [0.1, 0.15) is 0 Å². The minimum absolute atomic E-state index is 0.848. The van der Waals surface area contributed by atoms with Crippen LogP contribution in [0, 0.1) is 12.8 Å². The standard InChI is InChI=1S/C16H27N/c1-4-6-7-15(5-2)12-17-13-16-10-8-14(3)9-11-16/h8-11,15,17H,4-7,12-13H2,1-3H3. The van der Waals surface area contributed by atoms with Crippen LogP contribution < -0.4 is 5.32 Å². The van der Waals surface area contributed by atoms with E-state index < -0.39 is 0 Å². The van der Waals surface area contributed by atoms with Crippen LogP contribution in [0.4, 0.5) is 0 Å². The molecule has 1 rings (SSSR count). The highest BCUT2D eigenvalue weighted by molar-refractivity contribution is 5.20. The molecule has 0 fully saturated rings. The summed E-state index contributed by atoms with van der Waals surface area (Å²) in [6, 6.07) is 8.81. The molecule has 1 aromatic carbocycles. The number of rotatable bonds is 8. The van der Waals surface area contributed by atoms with E-state index in [1.165, 1.54) is 36.8 Å². The van der Waals surface area contributed by atoms with Crippen molar-refractivity contribution in [3.8, 4) is 0 Å². The third-order valence-electron chi connectivity index (χ3n) is 3.43. The fourth-order valence-electron chi connectivity index (χ4n) is 2.07. The van der Waals surface area contributed by atoms with Crippen LogP contribution in [0.25, 0.3) is 0 Å². The van der Waals surface area contributed by atoms with Crippen molar-refractivity contribution in [2.75, 3.05) is 6.54 Å². The molecule has 1 N–H and O–H groups in total. The Labute approximate surface area is 107 Å². The van der Waals surface area contributed by atoms with Crippen molar-refractivity contribution in [1.29, 1.82) is 0 Å². The molecule has 1 nitrogen and oxygen atoms in total. The molecule has 1 atom stereocenters. The first-order valence-corrected chi connectivity index (χ1v) is 7.02. The Hall–Kier alpha value is -0.820. The van der Waals surface area contributed by atoms with Crippen molar-refractivity contribution in [1.82, 2.24) is 5.32 Å². The van der Waals surface area contributed by atoms with Crippen molar-refractivity contribution in [2.24, 2.45) is 5.92 Å². The third kappa shape index (κ3) is 5.88. The van der Waals surface area contributed by atoms with E-state index in [1.54, 1.807) is 0 Å². The second kappa shape index (κ2) is 8.30. The summed E-state index contributed by atoms with van der Waals surface area (Å²) in [4.78, 5) is 0.